The lowest BCUT2D eigenvalue weighted by atomic mass is 9.83. The Bertz CT molecular complexity index is 382. The Morgan fingerprint density at radius 1 is 1.33 bits per heavy atom. The largest absolute Gasteiger partial charge is 0.337 e. The molecule has 0 aromatic heterocycles. The molecule has 1 unspecified atom stereocenters. The monoisotopic (exact) mass is 292 g/mol. The summed E-state index contributed by atoms with van der Waals surface area (Å²) in [6.07, 6.45) is 7.26. The van der Waals surface area contributed by atoms with E-state index >= 15 is 0 Å². The minimum atomic E-state index is -0.602. The van der Waals surface area contributed by atoms with E-state index in [1.807, 2.05) is 7.05 Å². The third kappa shape index (κ3) is 4.69. The average molecular weight is 292 g/mol. The second-order valence-electron chi connectivity index (χ2n) is 6.60. The van der Waals surface area contributed by atoms with Crippen LogP contribution in [0.3, 0.4) is 0 Å². The van der Waals surface area contributed by atoms with Crippen molar-refractivity contribution in [2.45, 2.75) is 50.5 Å². The number of hydrogen-bond acceptors (Lipinski definition) is 4. The van der Waals surface area contributed by atoms with Crippen molar-refractivity contribution in [3.8, 4) is 6.07 Å². The molecule has 2 fully saturated rings. The van der Waals surface area contributed by atoms with Gasteiger partial charge in [0, 0.05) is 6.54 Å². The van der Waals surface area contributed by atoms with Crippen molar-refractivity contribution in [1.29, 1.82) is 5.26 Å². The molecule has 1 saturated carbocycles. The van der Waals surface area contributed by atoms with Crippen molar-refractivity contribution >= 4 is 5.91 Å². The zero-order valence-electron chi connectivity index (χ0n) is 13.2. The number of hydrogen-bond donors (Lipinski definition) is 2. The van der Waals surface area contributed by atoms with Crippen LogP contribution in [0.5, 0.6) is 0 Å². The number of carbonyl (C=O) groups is 1. The third-order valence-corrected chi connectivity index (χ3v) is 4.76. The molecule has 2 rings (SSSR count). The smallest absolute Gasteiger partial charge is 0.235 e. The van der Waals surface area contributed by atoms with E-state index in [1.54, 1.807) is 0 Å². The number of rotatable bonds is 5. The molecular formula is C16H28N4O. The van der Waals surface area contributed by atoms with Crippen molar-refractivity contribution in [3.05, 3.63) is 0 Å². The summed E-state index contributed by atoms with van der Waals surface area (Å²) in [7, 11) is 1.98. The number of likely N-dealkylation sites (tertiary alicyclic amines) is 1. The molecule has 2 aliphatic rings. The summed E-state index contributed by atoms with van der Waals surface area (Å²) < 4.78 is 0. The van der Waals surface area contributed by atoms with Gasteiger partial charge in [0.1, 0.15) is 5.54 Å². The first-order valence-electron chi connectivity index (χ1n) is 8.27. The highest BCUT2D eigenvalue weighted by molar-refractivity contribution is 5.79. The highest BCUT2D eigenvalue weighted by Crippen LogP contribution is 2.27. The third-order valence-electron chi connectivity index (χ3n) is 4.76. The second-order valence-corrected chi connectivity index (χ2v) is 6.60. The van der Waals surface area contributed by atoms with Crippen LogP contribution >= 0.6 is 0 Å². The van der Waals surface area contributed by atoms with Gasteiger partial charge < -0.3 is 10.6 Å². The van der Waals surface area contributed by atoms with Crippen molar-refractivity contribution in [1.82, 2.24) is 15.5 Å². The molecule has 5 nitrogen and oxygen atoms in total. The van der Waals surface area contributed by atoms with Gasteiger partial charge in [0.2, 0.25) is 5.91 Å². The van der Waals surface area contributed by atoms with E-state index in [0.29, 0.717) is 12.5 Å². The van der Waals surface area contributed by atoms with Crippen LogP contribution < -0.4 is 10.6 Å². The summed E-state index contributed by atoms with van der Waals surface area (Å²) in [6, 6.07) is 2.35. The van der Waals surface area contributed by atoms with E-state index in [2.05, 4.69) is 21.6 Å². The lowest BCUT2D eigenvalue weighted by molar-refractivity contribution is -0.124. The zero-order chi connectivity index (χ0) is 15.1. The molecule has 1 aliphatic carbocycles. The number of amides is 1. The van der Waals surface area contributed by atoms with Crippen LogP contribution in [-0.4, -0.2) is 49.6 Å². The SMILES string of the molecule is CNCC1CCCN(CC(=O)NC2(C#N)CCCCC2)C1. The second kappa shape index (κ2) is 7.77. The van der Waals surface area contributed by atoms with Gasteiger partial charge in [-0.05, 0) is 51.7 Å². The van der Waals surface area contributed by atoms with Crippen molar-refractivity contribution < 1.29 is 4.79 Å². The number of nitriles is 1. The fourth-order valence-electron chi connectivity index (χ4n) is 3.68. The molecule has 5 heteroatoms. The predicted octanol–water partition coefficient (Wildman–Crippen LogP) is 1.26. The molecule has 1 amide bonds. The first kappa shape index (κ1) is 16.3. The van der Waals surface area contributed by atoms with E-state index in [1.165, 1.54) is 12.8 Å². The molecule has 0 spiro atoms. The predicted molar refractivity (Wildman–Crippen MR) is 82.7 cm³/mol. The Kier molecular flexibility index (Phi) is 6.01. The Morgan fingerprint density at radius 3 is 2.76 bits per heavy atom. The van der Waals surface area contributed by atoms with Crippen LogP contribution in [0.4, 0.5) is 0 Å². The van der Waals surface area contributed by atoms with E-state index in [9.17, 15) is 10.1 Å². The Balaban J connectivity index is 1.82. The van der Waals surface area contributed by atoms with Crippen LogP contribution in [0, 0.1) is 17.2 Å². The van der Waals surface area contributed by atoms with Crippen molar-refractivity contribution in [2.24, 2.45) is 5.92 Å². The quantitative estimate of drug-likeness (QED) is 0.800. The summed E-state index contributed by atoms with van der Waals surface area (Å²) in [4.78, 5) is 14.5. The first-order chi connectivity index (χ1) is 10.2. The number of carbonyl (C=O) groups excluding carboxylic acids is 1. The summed E-state index contributed by atoms with van der Waals surface area (Å²) >= 11 is 0. The summed E-state index contributed by atoms with van der Waals surface area (Å²) in [5.74, 6) is 0.653. The topological polar surface area (TPSA) is 68.2 Å². The minimum absolute atomic E-state index is 0.0172. The highest BCUT2D eigenvalue weighted by atomic mass is 16.2. The molecule has 1 saturated heterocycles. The molecule has 0 aromatic carbocycles. The van der Waals surface area contributed by atoms with Crippen LogP contribution in [0.15, 0.2) is 0 Å². The van der Waals surface area contributed by atoms with Gasteiger partial charge in [-0.1, -0.05) is 19.3 Å². The fourth-order valence-corrected chi connectivity index (χ4v) is 3.68. The standard InChI is InChI=1S/C16H28N4O/c1-18-10-14-6-5-9-20(11-14)12-15(21)19-16(13-17)7-3-2-4-8-16/h14,18H,2-12H2,1H3,(H,19,21). The Hall–Kier alpha value is -1.12. The van der Waals surface area contributed by atoms with Gasteiger partial charge >= 0.3 is 0 Å². The molecule has 21 heavy (non-hydrogen) atoms. The minimum Gasteiger partial charge on any atom is -0.337 e. The van der Waals surface area contributed by atoms with Crippen LogP contribution in [0.25, 0.3) is 0 Å². The molecule has 1 atom stereocenters. The van der Waals surface area contributed by atoms with Gasteiger partial charge in [0.25, 0.3) is 0 Å². The molecule has 0 aromatic rings. The van der Waals surface area contributed by atoms with Crippen LogP contribution in [0.1, 0.15) is 44.9 Å². The van der Waals surface area contributed by atoms with Crippen molar-refractivity contribution in [3.63, 3.8) is 0 Å². The molecule has 0 radical (unpaired) electrons. The van der Waals surface area contributed by atoms with Crippen molar-refractivity contribution in [2.75, 3.05) is 33.2 Å². The van der Waals surface area contributed by atoms with Crippen LogP contribution in [0.2, 0.25) is 0 Å². The molecule has 2 N–H and O–H groups in total. The van der Waals surface area contributed by atoms with Crippen LogP contribution in [-0.2, 0) is 4.79 Å². The number of piperidine rings is 1. The molecule has 118 valence electrons. The summed E-state index contributed by atoms with van der Waals surface area (Å²) in [6.45, 7) is 3.42. The highest BCUT2D eigenvalue weighted by Gasteiger charge is 2.34. The fraction of sp³-hybridized carbons (Fsp3) is 0.875. The molecule has 1 aliphatic heterocycles. The summed E-state index contributed by atoms with van der Waals surface area (Å²) in [5.41, 5.74) is -0.602. The maximum absolute atomic E-state index is 12.3. The molecule has 1 heterocycles. The zero-order valence-corrected chi connectivity index (χ0v) is 13.2. The first-order valence-corrected chi connectivity index (χ1v) is 8.27. The van der Waals surface area contributed by atoms with Gasteiger partial charge in [-0.25, -0.2) is 0 Å². The Morgan fingerprint density at radius 2 is 2.10 bits per heavy atom. The normalized spacial score (nSPS) is 26.0. The van der Waals surface area contributed by atoms with E-state index in [4.69, 9.17) is 0 Å². The van der Waals surface area contributed by atoms with E-state index in [-0.39, 0.29) is 5.91 Å². The average Bonchev–Trinajstić information content (AvgIpc) is 2.49. The molecule has 0 bridgehead atoms. The maximum Gasteiger partial charge on any atom is 0.235 e. The lowest BCUT2D eigenvalue weighted by Crippen LogP contribution is -2.52. The van der Waals surface area contributed by atoms with Gasteiger partial charge in [-0.15, -0.1) is 0 Å². The van der Waals surface area contributed by atoms with Gasteiger partial charge in [-0.3, -0.25) is 9.69 Å². The van der Waals surface area contributed by atoms with Gasteiger partial charge in [0.05, 0.1) is 12.6 Å². The summed E-state index contributed by atoms with van der Waals surface area (Å²) in [5, 5.41) is 15.7. The molecular weight excluding hydrogens is 264 g/mol. The number of nitrogens with one attached hydrogen (secondary N) is 2. The number of nitrogens with zero attached hydrogens (tertiary/aromatic N) is 2. The Labute approximate surface area is 128 Å². The van der Waals surface area contributed by atoms with E-state index in [0.717, 1.165) is 51.7 Å². The maximum atomic E-state index is 12.3. The van der Waals surface area contributed by atoms with Gasteiger partial charge in [0.15, 0.2) is 0 Å². The lowest BCUT2D eigenvalue weighted by Gasteiger charge is -2.35. The van der Waals surface area contributed by atoms with E-state index < -0.39 is 5.54 Å². The van der Waals surface area contributed by atoms with Gasteiger partial charge in [-0.2, -0.15) is 5.26 Å².